The number of nitrogens with one attached hydrogen (secondary N) is 1. The molecule has 0 radical (unpaired) electrons. The number of sulfonamides is 1. The van der Waals surface area contributed by atoms with Crippen molar-refractivity contribution < 1.29 is 27.2 Å². The van der Waals surface area contributed by atoms with Crippen molar-refractivity contribution in [1.29, 1.82) is 0 Å². The number of hydrogen-bond donors (Lipinski definition) is 2. The molecular formula is C11H12N2O6S. The fourth-order valence-corrected chi connectivity index (χ4v) is 3.15. The molecular weight excluding hydrogens is 288 g/mol. The lowest BCUT2D eigenvalue weighted by Crippen LogP contribution is -2.17. The maximum absolute atomic E-state index is 12.2. The zero-order valence-electron chi connectivity index (χ0n) is 10.9. The molecule has 0 bridgehead atoms. The number of carboxylic acid groups (broad SMARTS) is 1. The number of carboxylic acids is 1. The van der Waals surface area contributed by atoms with Crippen molar-refractivity contribution in [2.24, 2.45) is 0 Å². The SMILES string of the molecule is Cc1coc(NS(=O)(=O)c2c(C)oc(C)c2C(=O)O)n1. The molecule has 0 saturated heterocycles. The van der Waals surface area contributed by atoms with Gasteiger partial charge in [-0.1, -0.05) is 0 Å². The van der Waals surface area contributed by atoms with Gasteiger partial charge in [-0.05, 0) is 20.8 Å². The fraction of sp³-hybridized carbons (Fsp3) is 0.273. The van der Waals surface area contributed by atoms with Crippen molar-refractivity contribution in [3.63, 3.8) is 0 Å². The first-order valence-electron chi connectivity index (χ1n) is 5.50. The van der Waals surface area contributed by atoms with Gasteiger partial charge in [-0.2, -0.15) is 4.98 Å². The summed E-state index contributed by atoms with van der Waals surface area (Å²) in [5.74, 6) is -1.39. The molecule has 0 aromatic carbocycles. The quantitative estimate of drug-likeness (QED) is 0.880. The molecule has 0 fully saturated rings. The van der Waals surface area contributed by atoms with E-state index in [1.165, 1.54) is 20.1 Å². The first kappa shape index (κ1) is 14.1. The summed E-state index contributed by atoms with van der Waals surface area (Å²) in [6, 6.07) is -0.239. The Morgan fingerprint density at radius 2 is 1.95 bits per heavy atom. The van der Waals surface area contributed by atoms with E-state index >= 15 is 0 Å². The van der Waals surface area contributed by atoms with Gasteiger partial charge < -0.3 is 13.9 Å². The number of aryl methyl sites for hydroxylation is 3. The number of anilines is 1. The average molecular weight is 300 g/mol. The summed E-state index contributed by atoms with van der Waals surface area (Å²) in [4.78, 5) is 14.5. The Bertz CT molecular complexity index is 771. The first-order chi connectivity index (χ1) is 9.22. The zero-order chi connectivity index (χ0) is 15.1. The van der Waals surface area contributed by atoms with Gasteiger partial charge in [-0.15, -0.1) is 0 Å². The maximum Gasteiger partial charge on any atom is 0.340 e. The van der Waals surface area contributed by atoms with Gasteiger partial charge in [0, 0.05) is 0 Å². The summed E-state index contributed by atoms with van der Waals surface area (Å²) in [5.41, 5.74) is 0.0829. The maximum atomic E-state index is 12.2. The van der Waals surface area contributed by atoms with Crippen LogP contribution >= 0.6 is 0 Å². The zero-order valence-corrected chi connectivity index (χ0v) is 11.7. The van der Waals surface area contributed by atoms with Crippen LogP contribution < -0.4 is 4.72 Å². The molecule has 0 aliphatic heterocycles. The van der Waals surface area contributed by atoms with E-state index in [0.29, 0.717) is 5.69 Å². The van der Waals surface area contributed by atoms with Crippen LogP contribution in [-0.2, 0) is 10.0 Å². The second kappa shape index (κ2) is 4.67. The highest BCUT2D eigenvalue weighted by Crippen LogP contribution is 2.28. The van der Waals surface area contributed by atoms with Crippen LogP contribution in [0.25, 0.3) is 0 Å². The highest BCUT2D eigenvalue weighted by atomic mass is 32.2. The minimum absolute atomic E-state index is 0.0129. The molecule has 2 N–H and O–H groups in total. The van der Waals surface area contributed by atoms with Crippen molar-refractivity contribution in [1.82, 2.24) is 4.98 Å². The van der Waals surface area contributed by atoms with E-state index in [1.54, 1.807) is 6.92 Å². The second-order valence-corrected chi connectivity index (χ2v) is 5.74. The smallest absolute Gasteiger partial charge is 0.340 e. The van der Waals surface area contributed by atoms with Crippen LogP contribution in [0, 0.1) is 20.8 Å². The van der Waals surface area contributed by atoms with Crippen LogP contribution in [0.15, 0.2) is 20.0 Å². The van der Waals surface area contributed by atoms with Crippen molar-refractivity contribution in [3.8, 4) is 0 Å². The molecule has 8 nitrogen and oxygen atoms in total. The third-order valence-corrected chi connectivity index (χ3v) is 4.00. The molecule has 0 aliphatic rings. The molecule has 20 heavy (non-hydrogen) atoms. The van der Waals surface area contributed by atoms with Crippen LogP contribution in [0.1, 0.15) is 27.6 Å². The molecule has 108 valence electrons. The lowest BCUT2D eigenvalue weighted by molar-refractivity contribution is 0.0691. The van der Waals surface area contributed by atoms with E-state index in [1.807, 2.05) is 0 Å². The number of hydrogen-bond acceptors (Lipinski definition) is 6. The van der Waals surface area contributed by atoms with Gasteiger partial charge in [-0.25, -0.2) is 17.9 Å². The minimum atomic E-state index is -4.17. The van der Waals surface area contributed by atoms with Gasteiger partial charge in [-0.3, -0.25) is 0 Å². The average Bonchev–Trinajstić information content (AvgIpc) is 2.81. The number of oxazole rings is 1. The van der Waals surface area contributed by atoms with Gasteiger partial charge in [0.05, 0.1) is 5.69 Å². The summed E-state index contributed by atoms with van der Waals surface area (Å²) < 4.78 is 36.5. The van der Waals surface area contributed by atoms with Crippen molar-refractivity contribution >= 4 is 22.0 Å². The number of nitrogens with zero attached hydrogens (tertiary/aromatic N) is 1. The Hall–Kier alpha value is -2.29. The predicted octanol–water partition coefficient (Wildman–Crippen LogP) is 1.69. The molecule has 0 atom stereocenters. The molecule has 0 amide bonds. The largest absolute Gasteiger partial charge is 0.478 e. The highest BCUT2D eigenvalue weighted by Gasteiger charge is 2.31. The van der Waals surface area contributed by atoms with E-state index in [9.17, 15) is 13.2 Å². The molecule has 0 saturated carbocycles. The second-order valence-electron chi connectivity index (χ2n) is 4.12. The summed E-state index contributed by atoms with van der Waals surface area (Å²) in [7, 11) is -4.17. The van der Waals surface area contributed by atoms with E-state index in [-0.39, 0.29) is 17.5 Å². The van der Waals surface area contributed by atoms with Crippen molar-refractivity contribution in [2.45, 2.75) is 25.7 Å². The number of aromatic carboxylic acids is 1. The van der Waals surface area contributed by atoms with Crippen LogP contribution in [0.5, 0.6) is 0 Å². The Kier molecular flexibility index (Phi) is 3.30. The number of carbonyl (C=O) groups is 1. The molecule has 0 spiro atoms. The summed E-state index contributed by atoms with van der Waals surface area (Å²) in [5, 5.41) is 9.10. The fourth-order valence-electron chi connectivity index (χ4n) is 1.80. The topological polar surface area (TPSA) is 123 Å². The first-order valence-corrected chi connectivity index (χ1v) is 6.99. The number of furan rings is 1. The summed E-state index contributed by atoms with van der Waals surface area (Å²) >= 11 is 0. The third kappa shape index (κ3) is 2.39. The minimum Gasteiger partial charge on any atom is -0.478 e. The van der Waals surface area contributed by atoms with Crippen LogP contribution in [0.2, 0.25) is 0 Å². The van der Waals surface area contributed by atoms with E-state index in [0.717, 1.165) is 0 Å². The van der Waals surface area contributed by atoms with Crippen LogP contribution in [-0.4, -0.2) is 24.5 Å². The Balaban J connectivity index is 2.52. The lowest BCUT2D eigenvalue weighted by Gasteiger charge is -2.04. The normalized spacial score (nSPS) is 11.6. The van der Waals surface area contributed by atoms with Crippen LogP contribution in [0.4, 0.5) is 6.01 Å². The predicted molar refractivity (Wildman–Crippen MR) is 67.2 cm³/mol. The molecule has 2 aromatic heterocycles. The molecule has 0 aliphatic carbocycles. The van der Waals surface area contributed by atoms with E-state index in [4.69, 9.17) is 13.9 Å². The molecule has 9 heteroatoms. The van der Waals surface area contributed by atoms with Crippen molar-refractivity contribution in [2.75, 3.05) is 4.72 Å². The summed E-state index contributed by atoms with van der Waals surface area (Å²) in [6.07, 6.45) is 1.27. The van der Waals surface area contributed by atoms with E-state index in [2.05, 4.69) is 9.71 Å². The van der Waals surface area contributed by atoms with Crippen LogP contribution in [0.3, 0.4) is 0 Å². The lowest BCUT2D eigenvalue weighted by atomic mass is 10.2. The summed E-state index contributed by atoms with van der Waals surface area (Å²) in [6.45, 7) is 4.37. The van der Waals surface area contributed by atoms with E-state index < -0.39 is 26.5 Å². The Labute approximate surface area is 114 Å². The molecule has 2 aromatic rings. The highest BCUT2D eigenvalue weighted by molar-refractivity contribution is 7.92. The Morgan fingerprint density at radius 1 is 1.30 bits per heavy atom. The number of rotatable bonds is 4. The third-order valence-electron chi connectivity index (χ3n) is 2.53. The monoisotopic (exact) mass is 300 g/mol. The standard InChI is InChI=1S/C11H12N2O6S/c1-5-4-18-11(12-5)13-20(16,17)9-7(3)19-6(2)8(9)10(14)15/h4H,1-3H3,(H,12,13)(H,14,15). The van der Waals surface area contributed by atoms with Crippen molar-refractivity contribution in [3.05, 3.63) is 29.0 Å². The molecule has 0 unspecified atom stereocenters. The molecule has 2 heterocycles. The van der Waals surface area contributed by atoms with Gasteiger partial charge in [0.2, 0.25) is 0 Å². The van der Waals surface area contributed by atoms with Gasteiger partial charge >= 0.3 is 12.0 Å². The molecule has 2 rings (SSSR count). The van der Waals surface area contributed by atoms with Gasteiger partial charge in [0.25, 0.3) is 10.0 Å². The van der Waals surface area contributed by atoms with Gasteiger partial charge in [0.15, 0.2) is 0 Å². The van der Waals surface area contributed by atoms with Gasteiger partial charge in [0.1, 0.15) is 28.2 Å². The Morgan fingerprint density at radius 3 is 2.45 bits per heavy atom. The number of aromatic nitrogens is 1.